The van der Waals surface area contributed by atoms with Gasteiger partial charge in [0.05, 0.1) is 11.6 Å². The van der Waals surface area contributed by atoms with Crippen molar-refractivity contribution in [1.82, 2.24) is 0 Å². The summed E-state index contributed by atoms with van der Waals surface area (Å²) in [6, 6.07) is 7.19. The molecule has 2 N–H and O–H groups in total. The normalized spacial score (nSPS) is 12.1. The van der Waals surface area contributed by atoms with Crippen LogP contribution < -0.4 is 10.5 Å². The maximum atomic E-state index is 5.73. The summed E-state index contributed by atoms with van der Waals surface area (Å²) < 4.78 is 5.46. The minimum atomic E-state index is 0.0840. The van der Waals surface area contributed by atoms with Gasteiger partial charge < -0.3 is 10.5 Å². The number of nitrogens with two attached hydrogens (primary N) is 1. The zero-order chi connectivity index (χ0) is 10.6. The molecule has 0 aromatic heterocycles. The summed E-state index contributed by atoms with van der Waals surface area (Å²) in [7, 11) is 0. The molecule has 0 fully saturated rings. The Hall–Kier alpha value is -0.800. The first-order valence-electron chi connectivity index (χ1n) is 4.27. The predicted octanol–water partition coefficient (Wildman–Crippen LogP) is 2.64. The van der Waals surface area contributed by atoms with Crippen LogP contribution in [0.25, 0.3) is 0 Å². The van der Waals surface area contributed by atoms with Crippen LogP contribution >= 0.6 is 23.8 Å². The quantitative estimate of drug-likeness (QED) is 0.807. The molecule has 0 radical (unpaired) electrons. The van der Waals surface area contributed by atoms with Gasteiger partial charge >= 0.3 is 0 Å². The van der Waals surface area contributed by atoms with E-state index < -0.39 is 0 Å². The first-order valence-corrected chi connectivity index (χ1v) is 5.06. The van der Waals surface area contributed by atoms with Crippen LogP contribution in [-0.4, -0.2) is 11.6 Å². The van der Waals surface area contributed by atoms with Crippen LogP contribution in [0.5, 0.6) is 5.75 Å². The van der Waals surface area contributed by atoms with Crippen LogP contribution in [0.4, 0.5) is 0 Å². The third-order valence-electron chi connectivity index (χ3n) is 1.80. The van der Waals surface area contributed by atoms with E-state index in [2.05, 4.69) is 0 Å². The average molecular weight is 230 g/mol. The molecule has 76 valence electrons. The predicted molar refractivity (Wildman–Crippen MR) is 62.9 cm³/mol. The van der Waals surface area contributed by atoms with Crippen molar-refractivity contribution in [2.24, 2.45) is 11.7 Å². The molecule has 1 unspecified atom stereocenters. The third kappa shape index (κ3) is 3.52. The fourth-order valence-electron chi connectivity index (χ4n) is 0.834. The molecule has 0 aliphatic carbocycles. The molecule has 0 bridgehead atoms. The maximum absolute atomic E-state index is 5.73. The molecule has 0 saturated heterocycles. The molecule has 14 heavy (non-hydrogen) atoms. The first-order chi connectivity index (χ1) is 6.59. The molecule has 0 aliphatic rings. The van der Waals surface area contributed by atoms with Gasteiger partial charge in [-0.25, -0.2) is 0 Å². The van der Waals surface area contributed by atoms with Gasteiger partial charge in [-0.3, -0.25) is 0 Å². The van der Waals surface area contributed by atoms with Gasteiger partial charge in [0.1, 0.15) is 5.75 Å². The minimum absolute atomic E-state index is 0.0840. The Morgan fingerprint density at radius 2 is 2.07 bits per heavy atom. The SMILES string of the molecule is CC(COc1ccc(Cl)cc1)C(N)=S. The van der Waals surface area contributed by atoms with Crippen molar-refractivity contribution >= 4 is 28.8 Å². The maximum Gasteiger partial charge on any atom is 0.119 e. The van der Waals surface area contributed by atoms with Gasteiger partial charge in [0, 0.05) is 10.9 Å². The van der Waals surface area contributed by atoms with Crippen LogP contribution in [0.15, 0.2) is 24.3 Å². The first kappa shape index (κ1) is 11.3. The lowest BCUT2D eigenvalue weighted by molar-refractivity contribution is 0.293. The molecule has 2 nitrogen and oxygen atoms in total. The van der Waals surface area contributed by atoms with Gasteiger partial charge in [0.15, 0.2) is 0 Å². The van der Waals surface area contributed by atoms with Crippen molar-refractivity contribution in [1.29, 1.82) is 0 Å². The van der Waals surface area contributed by atoms with E-state index in [1.54, 1.807) is 12.1 Å². The largest absolute Gasteiger partial charge is 0.493 e. The van der Waals surface area contributed by atoms with E-state index in [1.165, 1.54) is 0 Å². The molecule has 0 saturated carbocycles. The van der Waals surface area contributed by atoms with E-state index in [0.29, 0.717) is 16.6 Å². The van der Waals surface area contributed by atoms with Crippen LogP contribution in [0.1, 0.15) is 6.92 Å². The van der Waals surface area contributed by atoms with Gasteiger partial charge in [-0.1, -0.05) is 30.7 Å². The summed E-state index contributed by atoms with van der Waals surface area (Å²) in [6.07, 6.45) is 0. The number of thiocarbonyl (C=S) groups is 1. The lowest BCUT2D eigenvalue weighted by Crippen LogP contribution is -2.23. The van der Waals surface area contributed by atoms with Crippen molar-refractivity contribution in [3.8, 4) is 5.75 Å². The molecular weight excluding hydrogens is 218 g/mol. The Morgan fingerprint density at radius 3 is 2.57 bits per heavy atom. The van der Waals surface area contributed by atoms with Gasteiger partial charge in [0.25, 0.3) is 0 Å². The van der Waals surface area contributed by atoms with Crippen molar-refractivity contribution in [3.05, 3.63) is 29.3 Å². The van der Waals surface area contributed by atoms with Gasteiger partial charge in [-0.2, -0.15) is 0 Å². The third-order valence-corrected chi connectivity index (χ3v) is 2.45. The summed E-state index contributed by atoms with van der Waals surface area (Å²) >= 11 is 10.6. The zero-order valence-corrected chi connectivity index (χ0v) is 9.44. The topological polar surface area (TPSA) is 35.2 Å². The lowest BCUT2D eigenvalue weighted by atomic mass is 10.2. The van der Waals surface area contributed by atoms with Crippen LogP contribution in [0.3, 0.4) is 0 Å². The van der Waals surface area contributed by atoms with Gasteiger partial charge in [-0.05, 0) is 24.3 Å². The molecular formula is C10H12ClNOS. The van der Waals surface area contributed by atoms with E-state index >= 15 is 0 Å². The highest BCUT2D eigenvalue weighted by molar-refractivity contribution is 7.80. The van der Waals surface area contributed by atoms with E-state index in [1.807, 2.05) is 19.1 Å². The Morgan fingerprint density at radius 1 is 1.50 bits per heavy atom. The average Bonchev–Trinajstić information content (AvgIpc) is 2.16. The number of halogens is 1. The van der Waals surface area contributed by atoms with E-state index in [-0.39, 0.29) is 5.92 Å². The Labute approximate surface area is 94.0 Å². The summed E-state index contributed by atoms with van der Waals surface area (Å²) in [5.41, 5.74) is 5.45. The highest BCUT2D eigenvalue weighted by Crippen LogP contribution is 2.16. The molecule has 1 aromatic carbocycles. The Kier molecular flexibility index (Phi) is 4.17. The van der Waals surface area contributed by atoms with Crippen LogP contribution in [0.2, 0.25) is 5.02 Å². The molecule has 0 heterocycles. The van der Waals surface area contributed by atoms with E-state index in [0.717, 1.165) is 5.75 Å². The summed E-state index contributed by atoms with van der Waals surface area (Å²) in [5, 5.41) is 0.694. The summed E-state index contributed by atoms with van der Waals surface area (Å²) in [4.78, 5) is 0.471. The number of ether oxygens (including phenoxy) is 1. The second-order valence-corrected chi connectivity index (χ2v) is 3.98. The van der Waals surface area contributed by atoms with Crippen molar-refractivity contribution in [3.63, 3.8) is 0 Å². The van der Waals surface area contributed by atoms with Crippen molar-refractivity contribution < 1.29 is 4.74 Å². The highest BCUT2D eigenvalue weighted by Gasteiger charge is 2.05. The molecule has 0 aliphatic heterocycles. The second-order valence-electron chi connectivity index (χ2n) is 3.07. The number of hydrogen-bond donors (Lipinski definition) is 1. The van der Waals surface area contributed by atoms with E-state index in [4.69, 9.17) is 34.3 Å². The number of hydrogen-bond acceptors (Lipinski definition) is 2. The fraction of sp³-hybridized carbons (Fsp3) is 0.300. The summed E-state index contributed by atoms with van der Waals surface area (Å²) in [5.74, 6) is 0.859. The molecule has 1 atom stereocenters. The smallest absolute Gasteiger partial charge is 0.119 e. The molecule has 1 aromatic rings. The van der Waals surface area contributed by atoms with E-state index in [9.17, 15) is 0 Å². The van der Waals surface area contributed by atoms with Crippen LogP contribution in [-0.2, 0) is 0 Å². The van der Waals surface area contributed by atoms with Gasteiger partial charge in [-0.15, -0.1) is 0 Å². The Balaban J connectivity index is 2.46. The lowest BCUT2D eigenvalue weighted by Gasteiger charge is -2.11. The monoisotopic (exact) mass is 229 g/mol. The minimum Gasteiger partial charge on any atom is -0.493 e. The number of benzene rings is 1. The van der Waals surface area contributed by atoms with Crippen LogP contribution in [0, 0.1) is 5.92 Å². The van der Waals surface area contributed by atoms with Crippen molar-refractivity contribution in [2.75, 3.05) is 6.61 Å². The fourth-order valence-corrected chi connectivity index (χ4v) is 1.03. The van der Waals surface area contributed by atoms with Crippen molar-refractivity contribution in [2.45, 2.75) is 6.92 Å². The molecule has 0 spiro atoms. The highest BCUT2D eigenvalue weighted by atomic mass is 35.5. The Bertz CT molecular complexity index is 312. The second kappa shape index (κ2) is 5.17. The molecule has 1 rings (SSSR count). The number of rotatable bonds is 4. The zero-order valence-electron chi connectivity index (χ0n) is 7.87. The summed E-state index contributed by atoms with van der Waals surface area (Å²) in [6.45, 7) is 2.43. The standard InChI is InChI=1S/C10H12ClNOS/c1-7(10(12)14)6-13-9-4-2-8(11)3-5-9/h2-5,7H,6H2,1H3,(H2,12,14). The molecule has 0 amide bonds. The molecule has 4 heteroatoms. The van der Waals surface area contributed by atoms with Gasteiger partial charge in [0.2, 0.25) is 0 Å².